The Kier molecular flexibility index (Phi) is 8.01. The number of halogens is 1. The van der Waals surface area contributed by atoms with Crippen LogP contribution in [0.2, 0.25) is 4.34 Å². The van der Waals surface area contributed by atoms with E-state index in [9.17, 15) is 9.59 Å². The first-order valence-corrected chi connectivity index (χ1v) is 13.8. The van der Waals surface area contributed by atoms with Crippen molar-refractivity contribution in [1.29, 1.82) is 0 Å². The molecule has 204 valence electrons. The number of carbonyl (C=O) groups excluding carboxylic acids is 2. The van der Waals surface area contributed by atoms with Crippen LogP contribution in [0.25, 0.3) is 16.8 Å². The first-order chi connectivity index (χ1) is 18.8. The third-order valence-electron chi connectivity index (χ3n) is 6.67. The lowest BCUT2D eigenvalue weighted by Crippen LogP contribution is -2.47. The van der Waals surface area contributed by atoms with Crippen LogP contribution in [0.15, 0.2) is 42.7 Å². The smallest absolute Gasteiger partial charge is 0.265 e. The molecule has 0 radical (unpaired) electrons. The Morgan fingerprint density at radius 2 is 2.10 bits per heavy atom. The predicted octanol–water partition coefficient (Wildman–Crippen LogP) is 3.85. The van der Waals surface area contributed by atoms with Crippen LogP contribution in [0.3, 0.4) is 0 Å². The number of hydrogen-bond donors (Lipinski definition) is 2. The molecule has 12 heteroatoms. The summed E-state index contributed by atoms with van der Waals surface area (Å²) in [5.41, 5.74) is 10.3. The van der Waals surface area contributed by atoms with Gasteiger partial charge in [-0.3, -0.25) is 9.59 Å². The summed E-state index contributed by atoms with van der Waals surface area (Å²) in [6, 6.07) is 11.0. The summed E-state index contributed by atoms with van der Waals surface area (Å²) >= 11 is 7.45. The van der Waals surface area contributed by atoms with Gasteiger partial charge in [0.2, 0.25) is 0 Å². The Balaban J connectivity index is 1.37. The van der Waals surface area contributed by atoms with Gasteiger partial charge < -0.3 is 25.6 Å². The zero-order valence-electron chi connectivity index (χ0n) is 21.8. The minimum Gasteiger partial charge on any atom is -0.490 e. The van der Waals surface area contributed by atoms with E-state index in [0.29, 0.717) is 45.0 Å². The third kappa shape index (κ3) is 5.85. The summed E-state index contributed by atoms with van der Waals surface area (Å²) in [5.74, 6) is 0.680. The van der Waals surface area contributed by atoms with Gasteiger partial charge in [-0.2, -0.15) is 5.10 Å². The Morgan fingerprint density at radius 3 is 2.85 bits per heavy atom. The molecule has 1 atom stereocenters. The molecule has 1 saturated heterocycles. The molecule has 0 aliphatic carbocycles. The topological polar surface area (TPSA) is 118 Å². The Labute approximate surface area is 235 Å². The van der Waals surface area contributed by atoms with E-state index in [0.717, 1.165) is 49.2 Å². The highest BCUT2D eigenvalue weighted by Crippen LogP contribution is 2.36. The zero-order chi connectivity index (χ0) is 27.5. The average molecular weight is 568 g/mol. The number of nitrogen functional groups attached to an aromatic ring is 1. The van der Waals surface area contributed by atoms with Crippen molar-refractivity contribution in [3.63, 3.8) is 0 Å². The number of piperidine rings is 1. The number of nitrogens with zero attached hydrogens (tertiary/aromatic N) is 5. The minimum atomic E-state index is -0.195. The van der Waals surface area contributed by atoms with Gasteiger partial charge in [-0.15, -0.1) is 11.3 Å². The molecule has 0 bridgehead atoms. The number of amides is 1. The maximum absolute atomic E-state index is 13.3. The number of rotatable bonds is 9. The van der Waals surface area contributed by atoms with Crippen molar-refractivity contribution >= 4 is 52.2 Å². The van der Waals surface area contributed by atoms with Gasteiger partial charge in [-0.1, -0.05) is 35.9 Å². The van der Waals surface area contributed by atoms with Crippen molar-refractivity contribution < 1.29 is 14.3 Å². The molecule has 10 nitrogen and oxygen atoms in total. The number of carbonyl (C=O) groups is 2. The number of thiophene rings is 1. The van der Waals surface area contributed by atoms with E-state index in [1.165, 1.54) is 17.7 Å². The molecule has 39 heavy (non-hydrogen) atoms. The number of likely N-dealkylation sites (N-methyl/N-ethyl adjacent to an activating group) is 1. The van der Waals surface area contributed by atoms with Gasteiger partial charge in [0, 0.05) is 42.9 Å². The van der Waals surface area contributed by atoms with Crippen LogP contribution >= 0.6 is 22.9 Å². The molecule has 1 aliphatic heterocycles. The van der Waals surface area contributed by atoms with E-state index in [-0.39, 0.29) is 11.9 Å². The molecule has 1 amide bonds. The highest BCUT2D eigenvalue weighted by atomic mass is 35.5. The molecule has 3 N–H and O–H groups in total. The van der Waals surface area contributed by atoms with Crippen LogP contribution in [0.5, 0.6) is 5.75 Å². The van der Waals surface area contributed by atoms with E-state index >= 15 is 0 Å². The van der Waals surface area contributed by atoms with Crippen LogP contribution in [-0.4, -0.2) is 78.1 Å². The standard InChI is InChI=1S/C27H30ClN7O3S/c1-33(2)10-11-38-22-13-23(28)39-25(22)27(37)32-19-4-3-9-34(14-19)21-12-20(18-7-5-17(15-36)6-8-18)35-24(21)26(29)30-16-31-35/h5-8,12-13,15-16,19H,3-4,9-11,14H2,1-2H3,(H,32,37)(H2,29,30,31)/t19-/m1/s1. The molecule has 4 heterocycles. The van der Waals surface area contributed by atoms with E-state index in [1.54, 1.807) is 22.7 Å². The Morgan fingerprint density at radius 1 is 1.31 bits per heavy atom. The number of benzene rings is 1. The maximum atomic E-state index is 13.3. The van der Waals surface area contributed by atoms with Crippen LogP contribution in [0.1, 0.15) is 32.9 Å². The van der Waals surface area contributed by atoms with Gasteiger partial charge in [0.1, 0.15) is 35.4 Å². The van der Waals surface area contributed by atoms with E-state index in [2.05, 4.69) is 20.3 Å². The van der Waals surface area contributed by atoms with Crippen molar-refractivity contribution in [1.82, 2.24) is 24.8 Å². The van der Waals surface area contributed by atoms with Crippen molar-refractivity contribution in [2.75, 3.05) is 51.0 Å². The first kappa shape index (κ1) is 26.9. The van der Waals surface area contributed by atoms with Gasteiger partial charge in [0.05, 0.1) is 15.7 Å². The summed E-state index contributed by atoms with van der Waals surface area (Å²) in [7, 11) is 3.93. The van der Waals surface area contributed by atoms with Crippen molar-refractivity contribution in [2.24, 2.45) is 0 Å². The van der Waals surface area contributed by atoms with Gasteiger partial charge in [-0.25, -0.2) is 9.50 Å². The largest absolute Gasteiger partial charge is 0.490 e. The van der Waals surface area contributed by atoms with E-state index in [1.807, 2.05) is 37.2 Å². The Bertz CT molecular complexity index is 1480. The summed E-state index contributed by atoms with van der Waals surface area (Å²) in [4.78, 5) is 33.3. The lowest BCUT2D eigenvalue weighted by atomic mass is 10.0. The quantitative estimate of drug-likeness (QED) is 0.293. The van der Waals surface area contributed by atoms with Crippen LogP contribution in [0, 0.1) is 0 Å². The van der Waals surface area contributed by atoms with Gasteiger partial charge >= 0.3 is 0 Å². The predicted molar refractivity (Wildman–Crippen MR) is 154 cm³/mol. The number of fused-ring (bicyclic) bond motifs is 1. The van der Waals surface area contributed by atoms with Gasteiger partial charge in [-0.05, 0) is 33.0 Å². The summed E-state index contributed by atoms with van der Waals surface area (Å²) in [5, 5.41) is 7.64. The highest BCUT2D eigenvalue weighted by Gasteiger charge is 2.28. The second-order valence-electron chi connectivity index (χ2n) is 9.71. The summed E-state index contributed by atoms with van der Waals surface area (Å²) < 4.78 is 8.14. The fourth-order valence-corrected chi connectivity index (χ4v) is 5.80. The molecule has 1 fully saturated rings. The van der Waals surface area contributed by atoms with Crippen LogP contribution in [0.4, 0.5) is 11.5 Å². The van der Waals surface area contributed by atoms with Crippen LogP contribution in [-0.2, 0) is 0 Å². The van der Waals surface area contributed by atoms with E-state index in [4.69, 9.17) is 22.1 Å². The second-order valence-corrected chi connectivity index (χ2v) is 11.4. The monoisotopic (exact) mass is 567 g/mol. The molecule has 5 rings (SSSR count). The number of aromatic nitrogens is 3. The van der Waals surface area contributed by atoms with Crippen molar-refractivity contribution in [3.8, 4) is 17.0 Å². The highest BCUT2D eigenvalue weighted by molar-refractivity contribution is 7.18. The number of aldehydes is 1. The number of hydrogen-bond acceptors (Lipinski definition) is 9. The SMILES string of the molecule is CN(C)CCOc1cc(Cl)sc1C(=O)N[C@@H]1CCCN(c2cc(-c3ccc(C=O)cc3)n3ncnc(N)c23)C1. The molecule has 1 aromatic carbocycles. The molecule has 1 aliphatic rings. The van der Waals surface area contributed by atoms with Crippen LogP contribution < -0.4 is 20.7 Å². The molecule has 4 aromatic rings. The molecular formula is C27H30ClN7O3S. The molecule has 3 aromatic heterocycles. The fourth-order valence-electron chi connectivity index (χ4n) is 4.74. The van der Waals surface area contributed by atoms with Gasteiger partial charge in [0.15, 0.2) is 5.82 Å². The average Bonchev–Trinajstić information content (AvgIpc) is 3.50. The lowest BCUT2D eigenvalue weighted by Gasteiger charge is -2.34. The van der Waals surface area contributed by atoms with Crippen molar-refractivity contribution in [2.45, 2.75) is 18.9 Å². The number of nitrogens with one attached hydrogen (secondary N) is 1. The first-order valence-electron chi connectivity index (χ1n) is 12.6. The molecule has 0 unspecified atom stereocenters. The number of anilines is 2. The molecular weight excluding hydrogens is 538 g/mol. The summed E-state index contributed by atoms with van der Waals surface area (Å²) in [6.07, 6.45) is 3.97. The van der Waals surface area contributed by atoms with Gasteiger partial charge in [0.25, 0.3) is 5.91 Å². The molecule has 0 spiro atoms. The summed E-state index contributed by atoms with van der Waals surface area (Å²) in [6.45, 7) is 2.59. The molecule has 0 saturated carbocycles. The second kappa shape index (κ2) is 11.6. The maximum Gasteiger partial charge on any atom is 0.265 e. The normalized spacial score (nSPS) is 15.6. The zero-order valence-corrected chi connectivity index (χ0v) is 23.3. The third-order valence-corrected chi connectivity index (χ3v) is 7.92. The number of ether oxygens (including phenoxy) is 1. The number of nitrogens with two attached hydrogens (primary N) is 1. The minimum absolute atomic E-state index is 0.0853. The van der Waals surface area contributed by atoms with Crippen molar-refractivity contribution in [3.05, 3.63) is 57.5 Å². The Hall–Kier alpha value is -3.67. The fraction of sp³-hybridized carbons (Fsp3) is 0.333. The van der Waals surface area contributed by atoms with E-state index < -0.39 is 0 Å². The lowest BCUT2D eigenvalue weighted by molar-refractivity contribution is 0.0933.